The molecule has 0 unspecified atom stereocenters. The van der Waals surface area contributed by atoms with Gasteiger partial charge in [-0.2, -0.15) is 0 Å². The van der Waals surface area contributed by atoms with Crippen molar-refractivity contribution in [3.05, 3.63) is 162 Å². The lowest BCUT2D eigenvalue weighted by Gasteiger charge is -2.34. The van der Waals surface area contributed by atoms with Crippen molar-refractivity contribution in [1.29, 1.82) is 0 Å². The average molecular weight is 540 g/mol. The maximum Gasteiger partial charge on any atom is 0.116 e. The second kappa shape index (κ2) is 11.9. The van der Waals surface area contributed by atoms with Gasteiger partial charge in [0.2, 0.25) is 0 Å². The van der Waals surface area contributed by atoms with Crippen molar-refractivity contribution in [1.82, 2.24) is 15.0 Å². The molecule has 40 heavy (non-hydrogen) atoms. The number of unbranched alkanes of at least 4 members (excludes halogenated alkanes) is 1. The van der Waals surface area contributed by atoms with E-state index in [9.17, 15) is 0 Å². The van der Waals surface area contributed by atoms with Crippen molar-refractivity contribution in [2.75, 3.05) is 0 Å². The SMILES string of the molecule is CCCCc1c(C(Sc2ccc3ccccc3c2)(c2ccccc2)c2ccccc2)nnn1Cc1ccccc1. The highest BCUT2D eigenvalue weighted by Crippen LogP contribution is 2.52. The Bertz CT molecular complexity index is 1640. The second-order valence-electron chi connectivity index (χ2n) is 10.2. The third kappa shape index (κ3) is 5.20. The van der Waals surface area contributed by atoms with E-state index in [1.54, 1.807) is 0 Å². The molecule has 0 N–H and O–H groups in total. The van der Waals surface area contributed by atoms with Crippen LogP contribution < -0.4 is 0 Å². The molecule has 0 bridgehead atoms. The first-order chi connectivity index (χ1) is 19.8. The van der Waals surface area contributed by atoms with Crippen LogP contribution in [-0.2, 0) is 17.7 Å². The van der Waals surface area contributed by atoms with Gasteiger partial charge in [0, 0.05) is 4.90 Å². The summed E-state index contributed by atoms with van der Waals surface area (Å²) in [5.74, 6) is 0. The Hall–Kier alpha value is -4.15. The van der Waals surface area contributed by atoms with Gasteiger partial charge in [0.15, 0.2) is 0 Å². The number of benzene rings is 5. The molecule has 1 aromatic heterocycles. The van der Waals surface area contributed by atoms with E-state index in [1.165, 1.54) is 38.1 Å². The lowest BCUT2D eigenvalue weighted by molar-refractivity contribution is 0.605. The van der Waals surface area contributed by atoms with Gasteiger partial charge in [-0.25, -0.2) is 4.68 Å². The summed E-state index contributed by atoms with van der Waals surface area (Å²) >= 11 is 1.86. The van der Waals surface area contributed by atoms with Crippen LogP contribution in [0.5, 0.6) is 0 Å². The Labute approximate surface area is 240 Å². The van der Waals surface area contributed by atoms with Crippen LogP contribution in [-0.4, -0.2) is 15.0 Å². The van der Waals surface area contributed by atoms with E-state index in [0.29, 0.717) is 6.54 Å². The molecule has 4 heteroatoms. The van der Waals surface area contributed by atoms with Gasteiger partial charge in [0.1, 0.15) is 10.4 Å². The number of nitrogens with zero attached hydrogens (tertiary/aromatic N) is 3. The molecule has 0 radical (unpaired) electrons. The van der Waals surface area contributed by atoms with Crippen molar-refractivity contribution in [3.63, 3.8) is 0 Å². The van der Waals surface area contributed by atoms with Crippen molar-refractivity contribution in [2.45, 2.75) is 42.4 Å². The average Bonchev–Trinajstić information content (AvgIpc) is 3.42. The van der Waals surface area contributed by atoms with Gasteiger partial charge >= 0.3 is 0 Å². The van der Waals surface area contributed by atoms with Crippen LogP contribution in [0.15, 0.2) is 138 Å². The number of thioether (sulfide) groups is 1. The third-order valence-electron chi connectivity index (χ3n) is 7.47. The molecule has 6 rings (SSSR count). The first-order valence-corrected chi connectivity index (χ1v) is 14.8. The standard InChI is InChI=1S/C36H33N3S/c1-2-3-23-34-35(37-38-39(34)27-28-15-7-4-8-16-28)36(31-19-9-5-10-20-31,32-21-11-6-12-22-32)40-33-25-24-29-17-13-14-18-30(29)26-33/h4-22,24-26H,2-3,23,27H2,1H3. The van der Waals surface area contributed by atoms with Crippen molar-refractivity contribution in [3.8, 4) is 0 Å². The van der Waals surface area contributed by atoms with Gasteiger partial charge in [-0.1, -0.05) is 140 Å². The molecule has 0 saturated carbocycles. The summed E-state index contributed by atoms with van der Waals surface area (Å²) in [4.78, 5) is 1.20. The molecule has 198 valence electrons. The molecule has 0 fully saturated rings. The Morgan fingerprint density at radius 1 is 0.675 bits per heavy atom. The maximum atomic E-state index is 5.04. The van der Waals surface area contributed by atoms with Crippen LogP contribution in [0.2, 0.25) is 0 Å². The van der Waals surface area contributed by atoms with Crippen LogP contribution in [0, 0.1) is 0 Å². The van der Waals surface area contributed by atoms with Crippen LogP contribution in [0.25, 0.3) is 10.8 Å². The maximum absolute atomic E-state index is 5.04. The van der Waals surface area contributed by atoms with E-state index in [1.807, 2.05) is 11.8 Å². The highest BCUT2D eigenvalue weighted by Gasteiger charge is 2.42. The van der Waals surface area contributed by atoms with E-state index < -0.39 is 4.75 Å². The highest BCUT2D eigenvalue weighted by atomic mass is 32.2. The highest BCUT2D eigenvalue weighted by molar-refractivity contribution is 8.00. The quantitative estimate of drug-likeness (QED) is 0.163. The van der Waals surface area contributed by atoms with E-state index in [-0.39, 0.29) is 0 Å². The summed E-state index contributed by atoms with van der Waals surface area (Å²) in [5.41, 5.74) is 5.84. The third-order valence-corrected chi connectivity index (χ3v) is 8.93. The van der Waals surface area contributed by atoms with E-state index in [4.69, 9.17) is 10.3 Å². The molecule has 0 saturated heterocycles. The van der Waals surface area contributed by atoms with Crippen LogP contribution >= 0.6 is 11.8 Å². The molecule has 1 heterocycles. The zero-order valence-electron chi connectivity index (χ0n) is 22.8. The summed E-state index contributed by atoms with van der Waals surface area (Å²) in [6.45, 7) is 2.95. The predicted molar refractivity (Wildman–Crippen MR) is 167 cm³/mol. The van der Waals surface area contributed by atoms with Gasteiger partial charge < -0.3 is 0 Å². The van der Waals surface area contributed by atoms with Crippen molar-refractivity contribution < 1.29 is 0 Å². The van der Waals surface area contributed by atoms with Crippen LogP contribution in [0.3, 0.4) is 0 Å². The largest absolute Gasteiger partial charge is 0.245 e. The summed E-state index contributed by atoms with van der Waals surface area (Å²) in [6, 6.07) is 47.6. The number of hydrogen-bond donors (Lipinski definition) is 0. The molecule has 6 aromatic rings. The Morgan fingerprint density at radius 3 is 1.93 bits per heavy atom. The first-order valence-electron chi connectivity index (χ1n) is 14.0. The molecule has 0 spiro atoms. The lowest BCUT2D eigenvalue weighted by Crippen LogP contribution is -2.28. The fourth-order valence-corrected chi connectivity index (χ4v) is 6.88. The smallest absolute Gasteiger partial charge is 0.116 e. The van der Waals surface area contributed by atoms with Crippen LogP contribution in [0.4, 0.5) is 0 Å². The summed E-state index contributed by atoms with van der Waals surface area (Å²) in [5, 5.41) is 12.3. The molecule has 0 aliphatic heterocycles. The van der Waals surface area contributed by atoms with Gasteiger partial charge in [0.05, 0.1) is 12.2 Å². The zero-order valence-corrected chi connectivity index (χ0v) is 23.6. The summed E-state index contributed by atoms with van der Waals surface area (Å²) < 4.78 is 1.55. The Morgan fingerprint density at radius 2 is 1.27 bits per heavy atom. The first kappa shape index (κ1) is 26.1. The Balaban J connectivity index is 1.59. The fourth-order valence-electron chi connectivity index (χ4n) is 5.44. The molecule has 0 amide bonds. The topological polar surface area (TPSA) is 30.7 Å². The molecule has 5 aromatic carbocycles. The normalized spacial score (nSPS) is 11.6. The van der Waals surface area contributed by atoms with Gasteiger partial charge in [-0.05, 0) is 52.4 Å². The summed E-state index contributed by atoms with van der Waals surface area (Å²) in [6.07, 6.45) is 3.11. The number of rotatable bonds is 10. The monoisotopic (exact) mass is 539 g/mol. The number of fused-ring (bicyclic) bond motifs is 1. The fraction of sp³-hybridized carbons (Fsp3) is 0.167. The molecule has 0 aliphatic carbocycles. The Kier molecular flexibility index (Phi) is 7.78. The lowest BCUT2D eigenvalue weighted by atomic mass is 9.85. The summed E-state index contributed by atoms with van der Waals surface area (Å²) in [7, 11) is 0. The molecular weight excluding hydrogens is 506 g/mol. The molecule has 3 nitrogen and oxygen atoms in total. The molecule has 0 aliphatic rings. The minimum absolute atomic E-state index is 0.580. The van der Waals surface area contributed by atoms with Gasteiger partial charge in [0.25, 0.3) is 0 Å². The predicted octanol–water partition coefficient (Wildman–Crippen LogP) is 8.91. The van der Waals surface area contributed by atoms with Gasteiger partial charge in [-0.3, -0.25) is 0 Å². The van der Waals surface area contributed by atoms with E-state index >= 15 is 0 Å². The molecule has 0 atom stereocenters. The van der Waals surface area contributed by atoms with Crippen molar-refractivity contribution >= 4 is 22.5 Å². The minimum atomic E-state index is -0.580. The van der Waals surface area contributed by atoms with Crippen molar-refractivity contribution in [2.24, 2.45) is 0 Å². The minimum Gasteiger partial charge on any atom is -0.245 e. The molecular formula is C36H33N3S. The zero-order chi connectivity index (χ0) is 27.2. The van der Waals surface area contributed by atoms with E-state index in [0.717, 1.165) is 25.0 Å². The van der Waals surface area contributed by atoms with Gasteiger partial charge in [-0.15, -0.1) is 16.9 Å². The number of hydrogen-bond acceptors (Lipinski definition) is 3. The van der Waals surface area contributed by atoms with Crippen LogP contribution in [0.1, 0.15) is 47.8 Å². The number of aromatic nitrogens is 3. The van der Waals surface area contributed by atoms with E-state index in [2.05, 4.69) is 145 Å². The second-order valence-corrected chi connectivity index (χ2v) is 11.4.